The Labute approximate surface area is 170 Å². The fourth-order valence-corrected chi connectivity index (χ4v) is 3.55. The van der Waals surface area contributed by atoms with Gasteiger partial charge in [-0.25, -0.2) is 0 Å². The van der Waals surface area contributed by atoms with E-state index in [-0.39, 0.29) is 24.0 Å². The summed E-state index contributed by atoms with van der Waals surface area (Å²) in [6.07, 6.45) is -2.69. The Morgan fingerprint density at radius 2 is 1.79 bits per heavy atom. The SMILES string of the molecule is CN(CC1CCN(CC(=O)Nc2cccc(C(F)(F)F)c2)CC1)C(=O)C(C)(C)C. The summed E-state index contributed by atoms with van der Waals surface area (Å²) in [6.45, 7) is 7.98. The first-order valence-corrected chi connectivity index (χ1v) is 9.81. The van der Waals surface area contributed by atoms with Crippen LogP contribution in [-0.2, 0) is 15.8 Å². The van der Waals surface area contributed by atoms with Crippen molar-refractivity contribution in [2.75, 3.05) is 38.5 Å². The Hall–Kier alpha value is -2.09. The molecule has 2 rings (SSSR count). The van der Waals surface area contributed by atoms with Gasteiger partial charge in [0.15, 0.2) is 0 Å². The van der Waals surface area contributed by atoms with Crippen LogP contribution in [-0.4, -0.2) is 54.8 Å². The van der Waals surface area contributed by atoms with Crippen molar-refractivity contribution in [1.29, 1.82) is 0 Å². The van der Waals surface area contributed by atoms with Crippen molar-refractivity contribution < 1.29 is 22.8 Å². The van der Waals surface area contributed by atoms with Crippen LogP contribution in [0.5, 0.6) is 0 Å². The van der Waals surface area contributed by atoms with Gasteiger partial charge in [0, 0.05) is 24.7 Å². The Balaban J connectivity index is 1.79. The van der Waals surface area contributed by atoms with Crippen LogP contribution in [0.3, 0.4) is 0 Å². The molecule has 2 amide bonds. The Morgan fingerprint density at radius 1 is 1.17 bits per heavy atom. The van der Waals surface area contributed by atoms with Crippen LogP contribution in [0.4, 0.5) is 18.9 Å². The van der Waals surface area contributed by atoms with Gasteiger partial charge in [-0.3, -0.25) is 14.5 Å². The number of rotatable bonds is 5. The van der Waals surface area contributed by atoms with E-state index < -0.39 is 17.2 Å². The summed E-state index contributed by atoms with van der Waals surface area (Å²) in [4.78, 5) is 28.3. The molecule has 0 spiro atoms. The lowest BCUT2D eigenvalue weighted by atomic mass is 9.92. The Bertz CT molecular complexity index is 721. The largest absolute Gasteiger partial charge is 0.416 e. The number of hydrogen-bond acceptors (Lipinski definition) is 3. The Kier molecular flexibility index (Phi) is 7.32. The van der Waals surface area contributed by atoms with Gasteiger partial charge in [0.25, 0.3) is 0 Å². The molecule has 1 aromatic rings. The number of benzene rings is 1. The number of likely N-dealkylation sites (tertiary alicyclic amines) is 1. The molecule has 1 heterocycles. The average Bonchev–Trinajstić information content (AvgIpc) is 2.61. The highest BCUT2D eigenvalue weighted by molar-refractivity contribution is 5.92. The molecule has 1 aliphatic rings. The topological polar surface area (TPSA) is 52.6 Å². The van der Waals surface area contributed by atoms with Crippen molar-refractivity contribution in [3.63, 3.8) is 0 Å². The highest BCUT2D eigenvalue weighted by atomic mass is 19.4. The molecule has 0 aliphatic carbocycles. The number of nitrogens with one attached hydrogen (secondary N) is 1. The van der Waals surface area contributed by atoms with E-state index in [0.717, 1.165) is 38.1 Å². The molecule has 0 aromatic heterocycles. The van der Waals surface area contributed by atoms with Gasteiger partial charge >= 0.3 is 6.18 Å². The van der Waals surface area contributed by atoms with Gasteiger partial charge in [-0.15, -0.1) is 0 Å². The molecule has 1 aromatic carbocycles. The summed E-state index contributed by atoms with van der Waals surface area (Å²) < 4.78 is 38.3. The lowest BCUT2D eigenvalue weighted by Crippen LogP contribution is -2.44. The molecule has 1 fully saturated rings. The molecule has 0 atom stereocenters. The maximum atomic E-state index is 12.8. The van der Waals surface area contributed by atoms with Gasteiger partial charge in [0.1, 0.15) is 0 Å². The quantitative estimate of drug-likeness (QED) is 0.798. The first-order valence-electron chi connectivity index (χ1n) is 9.81. The molecule has 0 bridgehead atoms. The van der Waals surface area contributed by atoms with Crippen molar-refractivity contribution in [3.8, 4) is 0 Å². The Morgan fingerprint density at radius 3 is 2.34 bits per heavy atom. The molecule has 0 radical (unpaired) electrons. The molecule has 1 N–H and O–H groups in total. The van der Waals surface area contributed by atoms with E-state index in [1.54, 1.807) is 4.90 Å². The molecule has 0 unspecified atom stereocenters. The van der Waals surface area contributed by atoms with E-state index >= 15 is 0 Å². The maximum Gasteiger partial charge on any atom is 0.416 e. The second-order valence-corrected chi connectivity index (χ2v) is 8.78. The average molecular weight is 413 g/mol. The van der Waals surface area contributed by atoms with Crippen molar-refractivity contribution in [2.45, 2.75) is 39.8 Å². The van der Waals surface area contributed by atoms with Crippen molar-refractivity contribution in [3.05, 3.63) is 29.8 Å². The summed E-state index contributed by atoms with van der Waals surface area (Å²) in [5, 5.41) is 2.54. The molecular weight excluding hydrogens is 383 g/mol. The highest BCUT2D eigenvalue weighted by Crippen LogP contribution is 2.30. The van der Waals surface area contributed by atoms with E-state index in [0.29, 0.717) is 12.5 Å². The second-order valence-electron chi connectivity index (χ2n) is 8.78. The summed E-state index contributed by atoms with van der Waals surface area (Å²) in [5.74, 6) is 0.164. The monoisotopic (exact) mass is 413 g/mol. The number of nitrogens with zero attached hydrogens (tertiary/aromatic N) is 2. The minimum Gasteiger partial charge on any atom is -0.345 e. The van der Waals surface area contributed by atoms with Crippen LogP contribution < -0.4 is 5.32 Å². The molecule has 0 saturated carbocycles. The zero-order valence-electron chi connectivity index (χ0n) is 17.5. The number of hydrogen-bond donors (Lipinski definition) is 1. The minimum atomic E-state index is -4.44. The number of carbonyl (C=O) groups is 2. The summed E-state index contributed by atoms with van der Waals surface area (Å²) in [6, 6.07) is 4.63. The van der Waals surface area contributed by atoms with Gasteiger partial charge in [-0.05, 0) is 50.0 Å². The molecule has 162 valence electrons. The molecule has 8 heteroatoms. The molecule has 1 aliphatic heterocycles. The van der Waals surface area contributed by atoms with Crippen LogP contribution in [0.15, 0.2) is 24.3 Å². The molecular formula is C21H30F3N3O2. The zero-order chi connectivity index (χ0) is 21.8. The van der Waals surface area contributed by atoms with E-state index in [4.69, 9.17) is 0 Å². The van der Waals surface area contributed by atoms with E-state index in [2.05, 4.69) is 5.32 Å². The second kappa shape index (κ2) is 9.15. The number of anilines is 1. The molecule has 1 saturated heterocycles. The van der Waals surface area contributed by atoms with Gasteiger partial charge in [-0.1, -0.05) is 26.8 Å². The lowest BCUT2D eigenvalue weighted by Gasteiger charge is -2.35. The van der Waals surface area contributed by atoms with Crippen LogP contribution in [0.2, 0.25) is 0 Å². The smallest absolute Gasteiger partial charge is 0.345 e. The van der Waals surface area contributed by atoms with E-state index in [9.17, 15) is 22.8 Å². The highest BCUT2D eigenvalue weighted by Gasteiger charge is 2.31. The van der Waals surface area contributed by atoms with Crippen LogP contribution in [0.1, 0.15) is 39.2 Å². The van der Waals surface area contributed by atoms with Gasteiger partial charge < -0.3 is 10.2 Å². The summed E-state index contributed by atoms with van der Waals surface area (Å²) in [5.41, 5.74) is -1.05. The number of carbonyl (C=O) groups excluding carboxylic acids is 2. The van der Waals surface area contributed by atoms with Gasteiger partial charge in [0.2, 0.25) is 11.8 Å². The third-order valence-electron chi connectivity index (χ3n) is 5.07. The zero-order valence-corrected chi connectivity index (χ0v) is 17.5. The molecule has 5 nitrogen and oxygen atoms in total. The first-order chi connectivity index (χ1) is 13.4. The third kappa shape index (κ3) is 7.03. The van der Waals surface area contributed by atoms with Gasteiger partial charge in [-0.2, -0.15) is 13.2 Å². The van der Waals surface area contributed by atoms with Crippen molar-refractivity contribution >= 4 is 17.5 Å². The predicted octanol–water partition coefficient (Wildman–Crippen LogP) is 3.86. The number of amides is 2. The standard InChI is InChI=1S/C21H30F3N3O2/c1-20(2,3)19(29)26(4)13-15-8-10-27(11-9-15)14-18(28)25-17-7-5-6-16(12-17)21(22,23)24/h5-7,12,15H,8-11,13-14H2,1-4H3,(H,25,28). The third-order valence-corrected chi connectivity index (χ3v) is 5.07. The normalized spacial score (nSPS) is 16.5. The van der Waals surface area contributed by atoms with Crippen LogP contribution >= 0.6 is 0 Å². The number of halogens is 3. The lowest BCUT2D eigenvalue weighted by molar-refractivity contribution is -0.139. The van der Waals surface area contributed by atoms with Gasteiger partial charge in [0.05, 0.1) is 12.1 Å². The summed E-state index contributed by atoms with van der Waals surface area (Å²) in [7, 11) is 1.82. The minimum absolute atomic E-state index is 0.111. The van der Waals surface area contributed by atoms with E-state index in [1.165, 1.54) is 12.1 Å². The fourth-order valence-electron chi connectivity index (χ4n) is 3.55. The van der Waals surface area contributed by atoms with Crippen molar-refractivity contribution in [2.24, 2.45) is 11.3 Å². The maximum absolute atomic E-state index is 12.8. The van der Waals surface area contributed by atoms with Crippen LogP contribution in [0, 0.1) is 11.3 Å². The number of alkyl halides is 3. The summed E-state index contributed by atoms with van der Waals surface area (Å²) >= 11 is 0. The molecule has 29 heavy (non-hydrogen) atoms. The predicted molar refractivity (Wildman–Crippen MR) is 106 cm³/mol. The van der Waals surface area contributed by atoms with E-state index in [1.807, 2.05) is 32.7 Å². The number of piperidine rings is 1. The van der Waals surface area contributed by atoms with Crippen molar-refractivity contribution in [1.82, 2.24) is 9.80 Å². The fraction of sp³-hybridized carbons (Fsp3) is 0.619. The van der Waals surface area contributed by atoms with Crippen LogP contribution in [0.25, 0.3) is 0 Å². The first kappa shape index (κ1) is 23.2.